The summed E-state index contributed by atoms with van der Waals surface area (Å²) in [6.45, 7) is 1.28. The van der Waals surface area contributed by atoms with Crippen LogP contribution < -0.4 is 0 Å². The van der Waals surface area contributed by atoms with Crippen molar-refractivity contribution in [2.75, 3.05) is 0 Å². The lowest BCUT2D eigenvalue weighted by atomic mass is 10.0. The van der Waals surface area contributed by atoms with E-state index in [1.807, 2.05) is 18.2 Å². The molecule has 17 heavy (non-hydrogen) atoms. The van der Waals surface area contributed by atoms with Gasteiger partial charge in [0, 0.05) is 0 Å². The van der Waals surface area contributed by atoms with E-state index in [0.717, 1.165) is 15.6 Å². The molecule has 0 saturated heterocycles. The van der Waals surface area contributed by atoms with E-state index in [1.165, 1.54) is 5.56 Å². The van der Waals surface area contributed by atoms with Gasteiger partial charge in [0.2, 0.25) is 0 Å². The molecule has 1 N–H and O–H groups in total. The molecule has 4 heteroatoms. The zero-order valence-electron chi connectivity index (χ0n) is 9.02. The second-order valence-electron chi connectivity index (χ2n) is 4.06. The molecule has 3 rings (SSSR count). The number of aliphatic hydroxyl groups excluding tert-OH is 1. The van der Waals surface area contributed by atoms with Crippen LogP contribution in [-0.4, -0.2) is 5.11 Å². The Morgan fingerprint density at radius 1 is 1.18 bits per heavy atom. The zero-order chi connectivity index (χ0) is 11.8. The quantitative estimate of drug-likeness (QED) is 0.925. The molecule has 0 aliphatic carbocycles. The Labute approximate surface area is 107 Å². The molecule has 0 bridgehead atoms. The number of rotatable bonds is 2. The highest BCUT2D eigenvalue weighted by Gasteiger charge is 2.19. The fraction of sp³-hybridized carbons (Fsp3) is 0.231. The van der Waals surface area contributed by atoms with Gasteiger partial charge in [-0.25, -0.2) is 0 Å². The molecule has 0 saturated carbocycles. The molecule has 2 heterocycles. The van der Waals surface area contributed by atoms with E-state index in [0.29, 0.717) is 19.0 Å². The average Bonchev–Trinajstić information content (AvgIpc) is 2.95. The van der Waals surface area contributed by atoms with Crippen LogP contribution >= 0.6 is 15.9 Å². The minimum absolute atomic E-state index is 0.531. The topological polar surface area (TPSA) is 42.6 Å². The third-order valence-corrected chi connectivity index (χ3v) is 3.61. The number of fused-ring (bicyclic) bond motifs is 1. The molecule has 1 aromatic heterocycles. The Hall–Kier alpha value is -1.10. The van der Waals surface area contributed by atoms with Gasteiger partial charge in [-0.3, -0.25) is 0 Å². The van der Waals surface area contributed by atoms with E-state index >= 15 is 0 Å². The van der Waals surface area contributed by atoms with Crippen LogP contribution in [0.1, 0.15) is 28.6 Å². The number of hydrogen-bond acceptors (Lipinski definition) is 3. The van der Waals surface area contributed by atoms with Crippen molar-refractivity contribution in [1.29, 1.82) is 0 Å². The van der Waals surface area contributed by atoms with Crippen LogP contribution in [0, 0.1) is 0 Å². The first kappa shape index (κ1) is 11.0. The van der Waals surface area contributed by atoms with Crippen molar-refractivity contribution in [2.45, 2.75) is 19.3 Å². The van der Waals surface area contributed by atoms with Gasteiger partial charge in [-0.15, -0.1) is 0 Å². The molecule has 88 valence electrons. The summed E-state index contributed by atoms with van der Waals surface area (Å²) in [6, 6.07) is 7.65. The molecule has 1 aliphatic rings. The predicted molar refractivity (Wildman–Crippen MR) is 65.4 cm³/mol. The number of benzene rings is 1. The van der Waals surface area contributed by atoms with E-state index in [2.05, 4.69) is 15.9 Å². The van der Waals surface area contributed by atoms with Gasteiger partial charge in [0.25, 0.3) is 0 Å². The van der Waals surface area contributed by atoms with Crippen LogP contribution in [0.15, 0.2) is 39.4 Å². The van der Waals surface area contributed by atoms with Crippen LogP contribution in [0.2, 0.25) is 0 Å². The summed E-state index contributed by atoms with van der Waals surface area (Å²) in [7, 11) is 0. The fourth-order valence-corrected chi connectivity index (χ4v) is 2.43. The molecule has 2 aromatic rings. The second-order valence-corrected chi connectivity index (χ2v) is 4.91. The number of hydrogen-bond donors (Lipinski definition) is 1. The number of furan rings is 1. The van der Waals surface area contributed by atoms with E-state index < -0.39 is 6.10 Å². The van der Waals surface area contributed by atoms with Crippen LogP contribution in [0.3, 0.4) is 0 Å². The first-order valence-electron chi connectivity index (χ1n) is 5.36. The van der Waals surface area contributed by atoms with Crippen molar-refractivity contribution in [3.05, 3.63) is 57.5 Å². The molecule has 1 aromatic carbocycles. The maximum atomic E-state index is 10.2. The van der Waals surface area contributed by atoms with Crippen LogP contribution in [-0.2, 0) is 18.0 Å². The van der Waals surface area contributed by atoms with Gasteiger partial charge in [0.1, 0.15) is 6.10 Å². The number of aliphatic hydroxyl groups is 1. The molecule has 1 aliphatic heterocycles. The molecular weight excluding hydrogens is 284 g/mol. The van der Waals surface area contributed by atoms with Crippen molar-refractivity contribution in [3.8, 4) is 0 Å². The van der Waals surface area contributed by atoms with Crippen LogP contribution in [0.25, 0.3) is 0 Å². The molecule has 0 amide bonds. The molecule has 3 nitrogen and oxygen atoms in total. The van der Waals surface area contributed by atoms with Gasteiger partial charge >= 0.3 is 0 Å². The first-order valence-corrected chi connectivity index (χ1v) is 6.15. The minimum atomic E-state index is -0.745. The maximum absolute atomic E-state index is 10.2. The summed E-state index contributed by atoms with van der Waals surface area (Å²) in [4.78, 5) is 0. The summed E-state index contributed by atoms with van der Waals surface area (Å²) < 4.78 is 11.4. The monoisotopic (exact) mass is 294 g/mol. The van der Waals surface area contributed by atoms with E-state index in [4.69, 9.17) is 9.15 Å². The molecule has 0 spiro atoms. The maximum Gasteiger partial charge on any atom is 0.150 e. The lowest BCUT2D eigenvalue weighted by Gasteiger charge is -2.10. The second kappa shape index (κ2) is 4.29. The van der Waals surface area contributed by atoms with Gasteiger partial charge < -0.3 is 14.3 Å². The normalized spacial score (nSPS) is 15.9. The van der Waals surface area contributed by atoms with Gasteiger partial charge in [0.05, 0.1) is 23.9 Å². The summed E-state index contributed by atoms with van der Waals surface area (Å²) in [5.41, 5.74) is 3.16. The predicted octanol–water partition coefficient (Wildman–Crippen LogP) is 3.15. The Kier molecular flexibility index (Phi) is 2.78. The van der Waals surface area contributed by atoms with Gasteiger partial charge in [0.15, 0.2) is 5.76 Å². The van der Waals surface area contributed by atoms with Crippen molar-refractivity contribution in [2.24, 2.45) is 0 Å². The smallest absolute Gasteiger partial charge is 0.150 e. The van der Waals surface area contributed by atoms with Crippen molar-refractivity contribution >= 4 is 15.9 Å². The summed E-state index contributed by atoms with van der Waals surface area (Å²) >= 11 is 3.35. The first-order chi connectivity index (χ1) is 8.25. The lowest BCUT2D eigenvalue weighted by molar-refractivity contribution is 0.134. The van der Waals surface area contributed by atoms with Crippen LogP contribution in [0.4, 0.5) is 0 Å². The van der Waals surface area contributed by atoms with E-state index in [9.17, 15) is 5.11 Å². The highest BCUT2D eigenvalue weighted by atomic mass is 79.9. The highest BCUT2D eigenvalue weighted by molar-refractivity contribution is 9.10. The summed E-state index contributed by atoms with van der Waals surface area (Å²) in [6.07, 6.45) is 0.810. The molecule has 0 radical (unpaired) electrons. The van der Waals surface area contributed by atoms with E-state index in [1.54, 1.807) is 12.3 Å². The third kappa shape index (κ3) is 1.92. The zero-order valence-corrected chi connectivity index (χ0v) is 10.6. The standard InChI is InChI=1S/C13H11BrO3/c14-11-3-4-17-13(11)12(15)8-1-2-9-6-16-7-10(9)5-8/h1-5,12,15H,6-7H2. The number of halogens is 1. The largest absolute Gasteiger partial charge is 0.465 e. The average molecular weight is 295 g/mol. The summed E-state index contributed by atoms with van der Waals surface area (Å²) in [5.74, 6) is 0.531. The van der Waals surface area contributed by atoms with Gasteiger partial charge in [-0.05, 0) is 38.7 Å². The van der Waals surface area contributed by atoms with Crippen molar-refractivity contribution in [3.63, 3.8) is 0 Å². The Morgan fingerprint density at radius 3 is 2.76 bits per heavy atom. The Morgan fingerprint density at radius 2 is 2.00 bits per heavy atom. The lowest BCUT2D eigenvalue weighted by Crippen LogP contribution is -2.00. The van der Waals surface area contributed by atoms with Gasteiger partial charge in [-0.1, -0.05) is 18.2 Å². The Bertz CT molecular complexity index is 547. The summed E-state index contributed by atoms with van der Waals surface area (Å²) in [5, 5.41) is 10.2. The molecule has 1 unspecified atom stereocenters. The Balaban J connectivity index is 1.97. The molecular formula is C13H11BrO3. The van der Waals surface area contributed by atoms with Crippen molar-refractivity contribution < 1.29 is 14.3 Å². The van der Waals surface area contributed by atoms with Gasteiger partial charge in [-0.2, -0.15) is 0 Å². The fourth-order valence-electron chi connectivity index (χ4n) is 2.01. The molecule has 1 atom stereocenters. The van der Waals surface area contributed by atoms with Crippen molar-refractivity contribution in [1.82, 2.24) is 0 Å². The van der Waals surface area contributed by atoms with Crippen LogP contribution in [0.5, 0.6) is 0 Å². The third-order valence-electron chi connectivity index (χ3n) is 2.95. The highest BCUT2D eigenvalue weighted by Crippen LogP contribution is 2.31. The molecule has 0 fully saturated rings. The minimum Gasteiger partial charge on any atom is -0.465 e. The number of ether oxygens (including phenoxy) is 1. The van der Waals surface area contributed by atoms with E-state index in [-0.39, 0.29) is 0 Å². The SMILES string of the molecule is OC(c1ccc2c(c1)COC2)c1occc1Br.